The second-order valence-corrected chi connectivity index (χ2v) is 5.70. The Morgan fingerprint density at radius 3 is 2.33 bits per heavy atom. The number of anilines is 1. The van der Waals surface area contributed by atoms with Gasteiger partial charge in [0.15, 0.2) is 0 Å². The standard InChI is InChI=1S/C19H22N2O3/c1-13-8-9-16(12-14(13)2)20-18(23)19(24)21-17(10-11-22)15-6-4-3-5-7-15/h3-9,12,17,22H,10-11H2,1-2H3,(H,20,23)(H,21,24). The van der Waals surface area contributed by atoms with Crippen molar-refractivity contribution in [2.75, 3.05) is 11.9 Å². The maximum absolute atomic E-state index is 12.2. The minimum Gasteiger partial charge on any atom is -0.396 e. The molecule has 2 amide bonds. The van der Waals surface area contributed by atoms with E-state index in [0.717, 1.165) is 16.7 Å². The van der Waals surface area contributed by atoms with Crippen molar-refractivity contribution in [1.29, 1.82) is 0 Å². The Bertz CT molecular complexity index is 714. The number of hydrogen-bond acceptors (Lipinski definition) is 3. The number of aliphatic hydroxyl groups excluding tert-OH is 1. The van der Waals surface area contributed by atoms with Gasteiger partial charge in [-0.2, -0.15) is 0 Å². The van der Waals surface area contributed by atoms with Crippen LogP contribution in [0.5, 0.6) is 0 Å². The number of nitrogens with one attached hydrogen (secondary N) is 2. The molecule has 0 heterocycles. The average molecular weight is 326 g/mol. The van der Waals surface area contributed by atoms with Gasteiger partial charge in [-0.3, -0.25) is 9.59 Å². The van der Waals surface area contributed by atoms with Crippen molar-refractivity contribution in [3.63, 3.8) is 0 Å². The number of hydrogen-bond donors (Lipinski definition) is 3. The quantitative estimate of drug-likeness (QED) is 0.739. The Kier molecular flexibility index (Phi) is 6.09. The smallest absolute Gasteiger partial charge is 0.313 e. The first-order valence-electron chi connectivity index (χ1n) is 7.86. The molecule has 0 saturated carbocycles. The molecule has 0 aliphatic heterocycles. The Morgan fingerprint density at radius 2 is 1.71 bits per heavy atom. The fourth-order valence-corrected chi connectivity index (χ4v) is 2.37. The molecule has 0 bridgehead atoms. The molecule has 5 heteroatoms. The predicted octanol–water partition coefficient (Wildman–Crippen LogP) is 2.48. The molecule has 0 aliphatic carbocycles. The van der Waals surface area contributed by atoms with E-state index in [1.54, 1.807) is 6.07 Å². The second-order valence-electron chi connectivity index (χ2n) is 5.70. The van der Waals surface area contributed by atoms with Crippen molar-refractivity contribution in [2.24, 2.45) is 0 Å². The Labute approximate surface area is 141 Å². The van der Waals surface area contributed by atoms with E-state index in [0.29, 0.717) is 12.1 Å². The predicted molar refractivity (Wildman–Crippen MR) is 93.6 cm³/mol. The molecule has 5 nitrogen and oxygen atoms in total. The van der Waals surface area contributed by atoms with Gasteiger partial charge in [0.25, 0.3) is 0 Å². The molecular formula is C19H22N2O3. The van der Waals surface area contributed by atoms with E-state index in [1.165, 1.54) is 0 Å². The van der Waals surface area contributed by atoms with Gasteiger partial charge < -0.3 is 15.7 Å². The molecule has 0 spiro atoms. The van der Waals surface area contributed by atoms with E-state index in [-0.39, 0.29) is 6.61 Å². The van der Waals surface area contributed by atoms with E-state index < -0.39 is 17.9 Å². The number of carbonyl (C=O) groups excluding carboxylic acids is 2. The van der Waals surface area contributed by atoms with Gasteiger partial charge in [-0.15, -0.1) is 0 Å². The van der Waals surface area contributed by atoms with Crippen LogP contribution in [-0.4, -0.2) is 23.5 Å². The normalized spacial score (nSPS) is 11.6. The molecule has 2 rings (SSSR count). The lowest BCUT2D eigenvalue weighted by Crippen LogP contribution is -2.38. The van der Waals surface area contributed by atoms with Crippen molar-refractivity contribution >= 4 is 17.5 Å². The van der Waals surface area contributed by atoms with Gasteiger partial charge in [0.2, 0.25) is 0 Å². The summed E-state index contributed by atoms with van der Waals surface area (Å²) in [5.41, 5.74) is 3.58. The first-order valence-corrected chi connectivity index (χ1v) is 7.86. The third-order valence-electron chi connectivity index (χ3n) is 3.90. The van der Waals surface area contributed by atoms with Gasteiger partial charge in [0, 0.05) is 12.3 Å². The molecule has 0 fully saturated rings. The highest BCUT2D eigenvalue weighted by molar-refractivity contribution is 6.39. The molecule has 0 radical (unpaired) electrons. The Morgan fingerprint density at radius 1 is 1.00 bits per heavy atom. The summed E-state index contributed by atoms with van der Waals surface area (Å²) < 4.78 is 0. The molecule has 1 unspecified atom stereocenters. The maximum atomic E-state index is 12.2. The van der Waals surface area contributed by atoms with Gasteiger partial charge >= 0.3 is 11.8 Å². The van der Waals surface area contributed by atoms with E-state index in [1.807, 2.05) is 56.3 Å². The lowest BCUT2D eigenvalue weighted by molar-refractivity contribution is -0.136. The van der Waals surface area contributed by atoms with Gasteiger partial charge in [0.05, 0.1) is 6.04 Å². The molecule has 1 atom stereocenters. The first-order chi connectivity index (χ1) is 11.5. The Hall–Kier alpha value is -2.66. The van der Waals surface area contributed by atoms with Crippen LogP contribution in [0.4, 0.5) is 5.69 Å². The van der Waals surface area contributed by atoms with Crippen LogP contribution in [0.2, 0.25) is 0 Å². The van der Waals surface area contributed by atoms with E-state index >= 15 is 0 Å². The van der Waals surface area contributed by atoms with Crippen LogP contribution in [0.3, 0.4) is 0 Å². The molecule has 24 heavy (non-hydrogen) atoms. The molecule has 0 aromatic heterocycles. The van der Waals surface area contributed by atoms with Crippen molar-refractivity contribution in [2.45, 2.75) is 26.3 Å². The zero-order valence-corrected chi connectivity index (χ0v) is 13.9. The van der Waals surface area contributed by atoms with Crippen LogP contribution in [0.25, 0.3) is 0 Å². The highest BCUT2D eigenvalue weighted by Crippen LogP contribution is 2.17. The van der Waals surface area contributed by atoms with E-state index in [9.17, 15) is 14.7 Å². The van der Waals surface area contributed by atoms with Crippen LogP contribution in [0.1, 0.15) is 29.2 Å². The monoisotopic (exact) mass is 326 g/mol. The topological polar surface area (TPSA) is 78.4 Å². The van der Waals surface area contributed by atoms with E-state index in [4.69, 9.17) is 0 Å². The van der Waals surface area contributed by atoms with Crippen LogP contribution in [0.15, 0.2) is 48.5 Å². The fraction of sp³-hybridized carbons (Fsp3) is 0.263. The van der Waals surface area contributed by atoms with Crippen LogP contribution < -0.4 is 10.6 Å². The van der Waals surface area contributed by atoms with Gasteiger partial charge in [0.1, 0.15) is 0 Å². The first kappa shape index (κ1) is 17.7. The number of aliphatic hydroxyl groups is 1. The summed E-state index contributed by atoms with van der Waals surface area (Å²) in [7, 11) is 0. The van der Waals surface area contributed by atoms with Crippen molar-refractivity contribution in [3.8, 4) is 0 Å². The van der Waals surface area contributed by atoms with Crippen LogP contribution in [-0.2, 0) is 9.59 Å². The minimum atomic E-state index is -0.726. The number of carbonyl (C=O) groups is 2. The molecular weight excluding hydrogens is 304 g/mol. The van der Waals surface area contributed by atoms with Gasteiger partial charge in [-0.1, -0.05) is 36.4 Å². The zero-order valence-electron chi connectivity index (χ0n) is 13.9. The van der Waals surface area contributed by atoms with Gasteiger partial charge in [-0.05, 0) is 49.1 Å². The summed E-state index contributed by atoms with van der Waals surface area (Å²) in [6, 6.07) is 14.3. The molecule has 3 N–H and O–H groups in total. The van der Waals surface area contributed by atoms with Gasteiger partial charge in [-0.25, -0.2) is 0 Å². The Balaban J connectivity index is 2.03. The highest BCUT2D eigenvalue weighted by atomic mass is 16.3. The zero-order chi connectivity index (χ0) is 17.5. The highest BCUT2D eigenvalue weighted by Gasteiger charge is 2.19. The molecule has 0 saturated heterocycles. The molecule has 0 aliphatic rings. The summed E-state index contributed by atoms with van der Waals surface area (Å²) in [4.78, 5) is 24.2. The van der Waals surface area contributed by atoms with Crippen LogP contribution in [0, 0.1) is 13.8 Å². The average Bonchev–Trinajstić information content (AvgIpc) is 2.58. The van der Waals surface area contributed by atoms with Crippen molar-refractivity contribution in [3.05, 3.63) is 65.2 Å². The summed E-state index contributed by atoms with van der Waals surface area (Å²) in [5, 5.41) is 14.5. The van der Waals surface area contributed by atoms with Crippen molar-refractivity contribution in [1.82, 2.24) is 5.32 Å². The summed E-state index contributed by atoms with van der Waals surface area (Å²) in [6.45, 7) is 3.84. The SMILES string of the molecule is Cc1ccc(NC(=O)C(=O)NC(CCO)c2ccccc2)cc1C. The molecule has 2 aromatic rings. The minimum absolute atomic E-state index is 0.0847. The third kappa shape index (κ3) is 4.67. The maximum Gasteiger partial charge on any atom is 0.313 e. The van der Waals surface area contributed by atoms with Crippen molar-refractivity contribution < 1.29 is 14.7 Å². The van der Waals surface area contributed by atoms with Crippen LogP contribution >= 0.6 is 0 Å². The lowest BCUT2D eigenvalue weighted by Gasteiger charge is -2.18. The summed E-state index contributed by atoms with van der Waals surface area (Å²) in [5.74, 6) is -1.45. The molecule has 2 aromatic carbocycles. The lowest BCUT2D eigenvalue weighted by atomic mass is 10.0. The number of benzene rings is 2. The summed E-state index contributed by atoms with van der Waals surface area (Å²) >= 11 is 0. The number of rotatable bonds is 5. The number of amides is 2. The largest absolute Gasteiger partial charge is 0.396 e. The molecule has 126 valence electrons. The second kappa shape index (κ2) is 8.26. The number of aryl methyl sites for hydroxylation is 2. The third-order valence-corrected chi connectivity index (χ3v) is 3.90. The fourth-order valence-electron chi connectivity index (χ4n) is 2.37. The van der Waals surface area contributed by atoms with E-state index in [2.05, 4.69) is 10.6 Å². The summed E-state index contributed by atoms with van der Waals surface area (Å²) in [6.07, 6.45) is 0.340.